The molecule has 4 aliphatic rings. The maximum Gasteiger partial charge on any atom is 0.516 e. The van der Waals surface area contributed by atoms with Crippen LogP contribution in [0.15, 0.2) is 0 Å². The topological polar surface area (TPSA) is 150 Å². The molecule has 0 saturated heterocycles. The molecule has 4 rings (SSSR count). The fourth-order valence-electron chi connectivity index (χ4n) is 9.13. The van der Waals surface area contributed by atoms with Gasteiger partial charge >= 0.3 is 21.5 Å². The summed E-state index contributed by atoms with van der Waals surface area (Å²) >= 11 is 0. The maximum atomic E-state index is 12.4. The number of amides is 1. The van der Waals surface area contributed by atoms with E-state index in [0.717, 1.165) is 30.4 Å². The van der Waals surface area contributed by atoms with E-state index >= 15 is 0 Å². The molecule has 0 aromatic carbocycles. The van der Waals surface area contributed by atoms with E-state index in [4.69, 9.17) is 4.74 Å². The first-order valence-electron chi connectivity index (χ1n) is 14.2. The van der Waals surface area contributed by atoms with Crippen molar-refractivity contribution < 1.29 is 51.2 Å². The molecule has 1 amide bonds. The summed E-state index contributed by atoms with van der Waals surface area (Å²) in [5.74, 6) is -1.84. The Morgan fingerprint density at radius 1 is 1.05 bits per heavy atom. The summed E-state index contributed by atoms with van der Waals surface area (Å²) in [6.45, 7) is 5.18. The molecule has 0 aromatic rings. The Balaban J connectivity index is 1.36. The lowest BCUT2D eigenvalue weighted by Crippen LogP contribution is -2.62. The van der Waals surface area contributed by atoms with E-state index in [-0.39, 0.29) is 53.4 Å². The molecule has 0 spiro atoms. The molecular weight excluding hydrogens is 555 g/mol. The first-order valence-corrected chi connectivity index (χ1v) is 15.7. The summed E-state index contributed by atoms with van der Waals surface area (Å²) in [7, 11) is -5.87. The van der Waals surface area contributed by atoms with Gasteiger partial charge in [-0.2, -0.15) is 21.6 Å². The number of aliphatic hydroxyl groups is 3. The number of fused-ring (bicyclic) bond motifs is 5. The van der Waals surface area contributed by atoms with Crippen molar-refractivity contribution in [1.82, 2.24) is 4.72 Å². The van der Waals surface area contributed by atoms with Gasteiger partial charge in [0.05, 0.1) is 18.3 Å². The van der Waals surface area contributed by atoms with Gasteiger partial charge in [0, 0.05) is 6.42 Å². The zero-order valence-corrected chi connectivity index (χ0v) is 24.0. The summed E-state index contributed by atoms with van der Waals surface area (Å²) in [4.78, 5) is 23.7. The van der Waals surface area contributed by atoms with Crippen LogP contribution in [0.2, 0.25) is 0 Å². The molecule has 0 radical (unpaired) electrons. The molecule has 9 nitrogen and oxygen atoms in total. The molecule has 0 bridgehead atoms. The summed E-state index contributed by atoms with van der Waals surface area (Å²) in [5.41, 5.74) is -6.16. The summed E-state index contributed by atoms with van der Waals surface area (Å²) in [6.07, 6.45) is 4.02. The average Bonchev–Trinajstić information content (AvgIpc) is 3.20. The molecule has 4 N–H and O–H groups in total. The van der Waals surface area contributed by atoms with Gasteiger partial charge in [-0.3, -0.25) is 9.59 Å². The van der Waals surface area contributed by atoms with E-state index in [1.54, 1.807) is 0 Å². The van der Waals surface area contributed by atoms with E-state index in [1.807, 2.05) is 6.92 Å². The Morgan fingerprint density at radius 2 is 1.73 bits per heavy atom. The van der Waals surface area contributed by atoms with Gasteiger partial charge in [0.2, 0.25) is 0 Å². The molecule has 4 unspecified atom stereocenters. The predicted octanol–water partition coefficient (Wildman–Crippen LogP) is 2.87. The van der Waals surface area contributed by atoms with Crippen LogP contribution in [0.5, 0.6) is 0 Å². The van der Waals surface area contributed by atoms with Crippen molar-refractivity contribution in [1.29, 1.82) is 0 Å². The number of halogens is 3. The molecule has 230 valence electrons. The third-order valence-corrected chi connectivity index (χ3v) is 12.3. The number of nitrogens with one attached hydrogen (secondary N) is 1. The van der Waals surface area contributed by atoms with Gasteiger partial charge in [-0.1, -0.05) is 20.8 Å². The van der Waals surface area contributed by atoms with Crippen LogP contribution in [0, 0.1) is 46.3 Å². The second kappa shape index (κ2) is 11.0. The standard InChI is InChI=1S/C27H42F3NO8S/c1-14(4-7-23(36)39-13-22(35)31-40(37,38)27(28,29)30)17-5-6-18-24-19(12-21(34)26(17,18)3)25(2)9-8-16(32)10-15(25)11-20(24)33/h14-21,24,32-34H,4-13H2,1-3H3,(H,31,35)/t14-,15+,16?,17-,18+,19+,20?,21?,24+,25?,26-/m1/s1. The van der Waals surface area contributed by atoms with E-state index in [2.05, 4.69) is 13.8 Å². The average molecular weight is 598 g/mol. The Bertz CT molecular complexity index is 1090. The number of hydrogen-bond acceptors (Lipinski definition) is 8. The van der Waals surface area contributed by atoms with E-state index in [9.17, 15) is 46.5 Å². The third kappa shape index (κ3) is 5.51. The minimum absolute atomic E-state index is 0.0259. The number of sulfonamides is 1. The van der Waals surface area contributed by atoms with Gasteiger partial charge in [-0.15, -0.1) is 0 Å². The van der Waals surface area contributed by atoms with Gasteiger partial charge < -0.3 is 20.1 Å². The number of aliphatic hydroxyl groups excluding tert-OH is 3. The maximum absolute atomic E-state index is 12.4. The van der Waals surface area contributed by atoms with Gasteiger partial charge in [-0.25, -0.2) is 4.72 Å². The zero-order chi connectivity index (χ0) is 29.8. The second-order valence-corrected chi connectivity index (χ2v) is 14.9. The van der Waals surface area contributed by atoms with Crippen LogP contribution in [0.4, 0.5) is 13.2 Å². The Kier molecular flexibility index (Phi) is 8.66. The molecule has 4 fully saturated rings. The van der Waals surface area contributed by atoms with Crippen molar-refractivity contribution in [2.45, 2.75) is 102 Å². The number of carbonyl (C=O) groups is 2. The van der Waals surface area contributed by atoms with Crippen LogP contribution in [0.1, 0.15) is 78.6 Å². The van der Waals surface area contributed by atoms with Crippen LogP contribution in [-0.4, -0.2) is 66.0 Å². The normalized spacial score (nSPS) is 42.2. The number of hydrogen-bond donors (Lipinski definition) is 4. The number of alkyl halides is 3. The molecule has 0 aromatic heterocycles. The lowest BCUT2D eigenvalue weighted by Gasteiger charge is -2.63. The monoisotopic (exact) mass is 597 g/mol. The highest BCUT2D eigenvalue weighted by Crippen LogP contribution is 2.68. The predicted molar refractivity (Wildman–Crippen MR) is 136 cm³/mol. The Morgan fingerprint density at radius 3 is 2.38 bits per heavy atom. The third-order valence-electron chi connectivity index (χ3n) is 11.2. The van der Waals surface area contributed by atoms with E-state index in [1.165, 1.54) is 0 Å². The molecule has 4 saturated carbocycles. The summed E-state index contributed by atoms with van der Waals surface area (Å²) < 4.78 is 64.7. The van der Waals surface area contributed by atoms with Crippen LogP contribution in [0.25, 0.3) is 0 Å². The van der Waals surface area contributed by atoms with Gasteiger partial charge in [0.15, 0.2) is 6.61 Å². The smallest absolute Gasteiger partial charge is 0.456 e. The quantitative estimate of drug-likeness (QED) is 0.327. The van der Waals surface area contributed by atoms with Crippen molar-refractivity contribution in [3.63, 3.8) is 0 Å². The van der Waals surface area contributed by atoms with Gasteiger partial charge in [0.1, 0.15) is 0 Å². The highest BCUT2D eigenvalue weighted by atomic mass is 32.2. The van der Waals surface area contributed by atoms with Crippen molar-refractivity contribution >= 4 is 21.9 Å². The van der Waals surface area contributed by atoms with Crippen LogP contribution >= 0.6 is 0 Å². The Hall–Kier alpha value is -1.44. The summed E-state index contributed by atoms with van der Waals surface area (Å²) in [6, 6.07) is 0. The van der Waals surface area contributed by atoms with Crippen LogP contribution in [0.3, 0.4) is 0 Å². The van der Waals surface area contributed by atoms with E-state index < -0.39 is 51.6 Å². The molecule has 13 heteroatoms. The van der Waals surface area contributed by atoms with Crippen LogP contribution in [-0.2, 0) is 24.3 Å². The van der Waals surface area contributed by atoms with Crippen molar-refractivity contribution in [2.24, 2.45) is 46.3 Å². The molecule has 11 atom stereocenters. The first-order chi connectivity index (χ1) is 18.4. The number of rotatable bonds is 7. The lowest BCUT2D eigenvalue weighted by molar-refractivity contribution is -0.207. The number of carbonyl (C=O) groups excluding carboxylic acids is 2. The first kappa shape index (κ1) is 31.5. The second-order valence-electron chi connectivity index (χ2n) is 13.2. The molecular formula is C27H42F3NO8S. The lowest BCUT2D eigenvalue weighted by atomic mass is 9.43. The fraction of sp³-hybridized carbons (Fsp3) is 0.926. The fourth-order valence-corrected chi connectivity index (χ4v) is 9.61. The van der Waals surface area contributed by atoms with E-state index in [0.29, 0.717) is 25.7 Å². The Labute approximate surface area is 233 Å². The van der Waals surface area contributed by atoms with Crippen molar-refractivity contribution in [3.05, 3.63) is 0 Å². The summed E-state index contributed by atoms with van der Waals surface area (Å²) in [5, 5.41) is 33.2. The number of esters is 1. The highest BCUT2D eigenvalue weighted by molar-refractivity contribution is 7.90. The minimum atomic E-state index is -5.87. The minimum Gasteiger partial charge on any atom is -0.456 e. The molecule has 0 heterocycles. The molecule has 0 aliphatic heterocycles. The van der Waals surface area contributed by atoms with Crippen molar-refractivity contribution in [2.75, 3.05) is 6.61 Å². The van der Waals surface area contributed by atoms with Gasteiger partial charge in [0.25, 0.3) is 5.91 Å². The van der Waals surface area contributed by atoms with Crippen molar-refractivity contribution in [3.8, 4) is 0 Å². The van der Waals surface area contributed by atoms with Gasteiger partial charge in [-0.05, 0) is 97.7 Å². The SMILES string of the molecule is C[C@H](CCC(=O)OCC(=O)NS(=O)(=O)C(F)(F)F)[C@H]1CC[C@H]2[C@@H]3C(O)C[C@@H]4CC(O)CCC4(C)[C@H]3CC(O)[C@]12C. The number of ether oxygens (including phenoxy) is 1. The molecule has 4 aliphatic carbocycles. The highest BCUT2D eigenvalue weighted by Gasteiger charge is 2.65. The zero-order valence-electron chi connectivity index (χ0n) is 23.2. The van der Waals surface area contributed by atoms with Crippen LogP contribution < -0.4 is 4.72 Å². The molecule has 40 heavy (non-hydrogen) atoms. The largest absolute Gasteiger partial charge is 0.516 e.